The quantitative estimate of drug-likeness (QED) is 0.449. The minimum Gasteiger partial charge on any atom is -0.376 e. The van der Waals surface area contributed by atoms with Crippen LogP contribution in [0.3, 0.4) is 0 Å². The zero-order chi connectivity index (χ0) is 21.8. The first-order valence-corrected chi connectivity index (χ1v) is 11.1. The highest BCUT2D eigenvalue weighted by atomic mass is 35.5. The molecule has 1 aliphatic rings. The van der Waals surface area contributed by atoms with Crippen molar-refractivity contribution in [2.24, 2.45) is 0 Å². The normalized spacial score (nSPS) is 15.7. The number of carbonyl (C=O) groups is 1. The maximum absolute atomic E-state index is 13.1. The van der Waals surface area contributed by atoms with Crippen molar-refractivity contribution in [3.63, 3.8) is 0 Å². The fourth-order valence-corrected chi connectivity index (χ4v) is 4.43. The molecule has 3 aromatic rings. The summed E-state index contributed by atoms with van der Waals surface area (Å²) < 4.78 is 7.29. The summed E-state index contributed by atoms with van der Waals surface area (Å²) >= 11 is 7.15. The fourth-order valence-electron chi connectivity index (χ4n) is 3.44. The number of aromatic nitrogens is 2. The van der Waals surface area contributed by atoms with Crippen LogP contribution in [0.2, 0.25) is 5.02 Å². The lowest BCUT2D eigenvalue weighted by molar-refractivity contribution is -0.113. The van der Waals surface area contributed by atoms with Crippen molar-refractivity contribution in [3.8, 4) is 6.07 Å². The third-order valence-corrected chi connectivity index (χ3v) is 6.16. The van der Waals surface area contributed by atoms with Gasteiger partial charge in [0.2, 0.25) is 5.91 Å². The average Bonchev–Trinajstić information content (AvgIpc) is 3.28. The summed E-state index contributed by atoms with van der Waals surface area (Å²) in [6.45, 7) is 1.08. The van der Waals surface area contributed by atoms with Crippen LogP contribution in [0.5, 0.6) is 0 Å². The van der Waals surface area contributed by atoms with Crippen LogP contribution in [0.15, 0.2) is 52.4 Å². The number of nitrogens with zero attached hydrogens (tertiary/aromatic N) is 3. The molecule has 1 saturated heterocycles. The summed E-state index contributed by atoms with van der Waals surface area (Å²) in [5.41, 5.74) is 1.11. The first-order chi connectivity index (χ1) is 15.0. The first kappa shape index (κ1) is 21.4. The molecule has 1 atom stereocenters. The van der Waals surface area contributed by atoms with Crippen LogP contribution in [0.4, 0.5) is 5.69 Å². The van der Waals surface area contributed by atoms with E-state index in [9.17, 15) is 14.9 Å². The molecule has 31 heavy (non-hydrogen) atoms. The van der Waals surface area contributed by atoms with Gasteiger partial charge >= 0.3 is 0 Å². The number of fused-ring (bicyclic) bond motifs is 1. The Kier molecular flexibility index (Phi) is 6.56. The molecular formula is C22H19ClN4O3S. The van der Waals surface area contributed by atoms with Gasteiger partial charge in [-0.05, 0) is 43.2 Å². The van der Waals surface area contributed by atoms with Gasteiger partial charge in [0.25, 0.3) is 5.56 Å². The van der Waals surface area contributed by atoms with Crippen LogP contribution in [-0.4, -0.2) is 33.9 Å². The number of nitrogens with one attached hydrogen (secondary N) is 1. The molecule has 1 N–H and O–H groups in total. The third-order valence-electron chi connectivity index (χ3n) is 4.95. The number of halogens is 1. The van der Waals surface area contributed by atoms with Gasteiger partial charge in [-0.15, -0.1) is 0 Å². The van der Waals surface area contributed by atoms with Gasteiger partial charge in [0.15, 0.2) is 5.16 Å². The molecule has 1 aromatic heterocycles. The summed E-state index contributed by atoms with van der Waals surface area (Å²) in [5, 5.41) is 13.3. The monoisotopic (exact) mass is 454 g/mol. The number of nitriles is 1. The van der Waals surface area contributed by atoms with Gasteiger partial charge in [0, 0.05) is 11.6 Å². The van der Waals surface area contributed by atoms with Gasteiger partial charge in [0.1, 0.15) is 6.07 Å². The number of anilines is 1. The Labute approximate surface area is 188 Å². The van der Waals surface area contributed by atoms with E-state index in [2.05, 4.69) is 10.3 Å². The number of thioether (sulfide) groups is 1. The molecule has 0 spiro atoms. The lowest BCUT2D eigenvalue weighted by Gasteiger charge is -2.16. The molecule has 2 heterocycles. The molecule has 0 bridgehead atoms. The van der Waals surface area contributed by atoms with E-state index < -0.39 is 0 Å². The summed E-state index contributed by atoms with van der Waals surface area (Å²) in [6, 6.07) is 13.9. The second-order valence-electron chi connectivity index (χ2n) is 7.10. The van der Waals surface area contributed by atoms with Crippen molar-refractivity contribution in [2.45, 2.75) is 30.6 Å². The number of para-hydroxylation sites is 1. The van der Waals surface area contributed by atoms with Gasteiger partial charge in [-0.3, -0.25) is 14.2 Å². The van der Waals surface area contributed by atoms with Crippen molar-refractivity contribution in [1.82, 2.24) is 9.55 Å². The van der Waals surface area contributed by atoms with E-state index >= 15 is 0 Å². The van der Waals surface area contributed by atoms with Gasteiger partial charge in [-0.2, -0.15) is 5.26 Å². The van der Waals surface area contributed by atoms with Crippen LogP contribution < -0.4 is 10.9 Å². The molecule has 7 nitrogen and oxygen atoms in total. The minimum absolute atomic E-state index is 0.0215. The Balaban J connectivity index is 1.57. The van der Waals surface area contributed by atoms with E-state index in [0.717, 1.165) is 12.8 Å². The summed E-state index contributed by atoms with van der Waals surface area (Å²) in [4.78, 5) is 30.3. The Bertz CT molecular complexity index is 1230. The highest BCUT2D eigenvalue weighted by Gasteiger charge is 2.21. The molecule has 4 rings (SSSR count). The first-order valence-electron chi connectivity index (χ1n) is 9.78. The molecule has 0 radical (unpaired) electrons. The Morgan fingerprint density at radius 3 is 2.97 bits per heavy atom. The van der Waals surface area contributed by atoms with E-state index in [1.807, 2.05) is 12.1 Å². The molecule has 0 aliphatic carbocycles. The summed E-state index contributed by atoms with van der Waals surface area (Å²) in [7, 11) is 0. The molecule has 9 heteroatoms. The molecule has 1 amide bonds. The van der Waals surface area contributed by atoms with Crippen LogP contribution in [0, 0.1) is 11.3 Å². The topological polar surface area (TPSA) is 97.0 Å². The fraction of sp³-hybridized carbons (Fsp3) is 0.273. The molecular weight excluding hydrogens is 436 g/mol. The number of carbonyl (C=O) groups excluding carboxylic acids is 1. The predicted octanol–water partition coefficient (Wildman–Crippen LogP) is 3.83. The molecule has 1 unspecified atom stereocenters. The Morgan fingerprint density at radius 1 is 1.35 bits per heavy atom. The maximum Gasteiger partial charge on any atom is 0.262 e. The van der Waals surface area contributed by atoms with E-state index in [4.69, 9.17) is 16.3 Å². The van der Waals surface area contributed by atoms with Gasteiger partial charge < -0.3 is 10.1 Å². The van der Waals surface area contributed by atoms with E-state index in [1.165, 1.54) is 17.8 Å². The van der Waals surface area contributed by atoms with Crippen LogP contribution >= 0.6 is 23.4 Å². The number of benzene rings is 2. The second kappa shape index (κ2) is 9.52. The summed E-state index contributed by atoms with van der Waals surface area (Å²) in [5.74, 6) is -0.303. The number of hydrogen-bond donors (Lipinski definition) is 1. The van der Waals surface area contributed by atoms with Crippen molar-refractivity contribution in [1.29, 1.82) is 5.26 Å². The van der Waals surface area contributed by atoms with E-state index in [0.29, 0.717) is 45.5 Å². The Hall–Kier alpha value is -2.86. The third kappa shape index (κ3) is 4.90. The lowest BCUT2D eigenvalue weighted by Crippen LogP contribution is -2.29. The van der Waals surface area contributed by atoms with Crippen LogP contribution in [0.25, 0.3) is 10.9 Å². The molecule has 158 valence electrons. The lowest BCUT2D eigenvalue weighted by atomic mass is 10.2. The van der Waals surface area contributed by atoms with Gasteiger partial charge in [0.05, 0.1) is 40.6 Å². The SMILES string of the molecule is N#Cc1ccc(Cl)cc1NC(=O)CSc1nc2ccccc2c(=O)n1CC1CCCO1. The zero-order valence-corrected chi connectivity index (χ0v) is 18.1. The Morgan fingerprint density at radius 2 is 2.19 bits per heavy atom. The number of rotatable bonds is 6. The largest absolute Gasteiger partial charge is 0.376 e. The minimum atomic E-state index is -0.324. The number of hydrogen-bond acceptors (Lipinski definition) is 6. The smallest absolute Gasteiger partial charge is 0.262 e. The molecule has 1 fully saturated rings. The number of amides is 1. The van der Waals surface area contributed by atoms with Crippen molar-refractivity contribution in [2.75, 3.05) is 17.7 Å². The highest BCUT2D eigenvalue weighted by molar-refractivity contribution is 7.99. The van der Waals surface area contributed by atoms with E-state index in [-0.39, 0.29) is 23.3 Å². The zero-order valence-electron chi connectivity index (χ0n) is 16.5. The van der Waals surface area contributed by atoms with Gasteiger partial charge in [-0.1, -0.05) is 35.5 Å². The number of ether oxygens (including phenoxy) is 1. The maximum atomic E-state index is 13.1. The van der Waals surface area contributed by atoms with Crippen molar-refractivity contribution >= 4 is 45.9 Å². The van der Waals surface area contributed by atoms with Crippen molar-refractivity contribution in [3.05, 3.63) is 63.4 Å². The summed E-state index contributed by atoms with van der Waals surface area (Å²) in [6.07, 6.45) is 1.81. The van der Waals surface area contributed by atoms with Crippen LogP contribution in [-0.2, 0) is 16.1 Å². The van der Waals surface area contributed by atoms with Crippen LogP contribution in [0.1, 0.15) is 18.4 Å². The van der Waals surface area contributed by atoms with E-state index in [1.54, 1.807) is 34.9 Å². The highest BCUT2D eigenvalue weighted by Crippen LogP contribution is 2.23. The molecule has 2 aromatic carbocycles. The molecule has 0 saturated carbocycles. The molecule has 1 aliphatic heterocycles. The predicted molar refractivity (Wildman–Crippen MR) is 120 cm³/mol. The van der Waals surface area contributed by atoms with Crippen molar-refractivity contribution < 1.29 is 9.53 Å². The van der Waals surface area contributed by atoms with Gasteiger partial charge in [-0.25, -0.2) is 4.98 Å². The second-order valence-corrected chi connectivity index (χ2v) is 8.48. The standard InChI is InChI=1S/C22H19ClN4O3S/c23-15-8-7-14(11-24)19(10-15)25-20(28)13-31-22-26-18-6-2-1-5-17(18)21(29)27(22)12-16-4-3-9-30-16/h1-2,5-8,10,16H,3-4,9,12-13H2,(H,25,28). The average molecular weight is 455 g/mol.